The zero-order chi connectivity index (χ0) is 19.8. The number of ether oxygens (including phenoxy) is 1. The quantitative estimate of drug-likeness (QED) is 0.294. The van der Waals surface area contributed by atoms with Gasteiger partial charge in [-0.2, -0.15) is 0 Å². The Labute approximate surface area is 160 Å². The zero-order valence-corrected chi connectivity index (χ0v) is 16.0. The third-order valence-corrected chi connectivity index (χ3v) is 4.50. The number of hydrogen-bond acceptors (Lipinski definition) is 5. The lowest BCUT2D eigenvalue weighted by Crippen LogP contribution is -2.16. The molecule has 0 aromatic heterocycles. The van der Waals surface area contributed by atoms with E-state index < -0.39 is 5.97 Å². The molecular weight excluding hydrogens is 342 g/mol. The molecule has 3 N–H and O–H groups in total. The standard InChI is InChI=1S/C22H27NO4/c1-3-5-6-7-10-15-16(22(26)27-4-2)13-14-18(23)20(15)21(25)17-11-8-9-12-19(17)24/h8-9,11-14,24H,3-7,10,23H2,1-2H3. The number of phenolic OH excluding ortho intramolecular Hbond substituents is 1. The Morgan fingerprint density at radius 1 is 1.00 bits per heavy atom. The summed E-state index contributed by atoms with van der Waals surface area (Å²) in [5.74, 6) is -0.961. The number of nitrogen functional groups attached to an aromatic ring is 1. The number of rotatable bonds is 9. The Morgan fingerprint density at radius 3 is 2.41 bits per heavy atom. The number of benzene rings is 2. The highest BCUT2D eigenvalue weighted by molar-refractivity contribution is 6.15. The Morgan fingerprint density at radius 2 is 1.74 bits per heavy atom. The molecule has 0 aliphatic heterocycles. The molecule has 0 saturated heterocycles. The SMILES string of the molecule is CCCCCCc1c(C(=O)OCC)ccc(N)c1C(=O)c1ccccc1O. The van der Waals surface area contributed by atoms with Gasteiger partial charge in [0.15, 0.2) is 5.78 Å². The first-order chi connectivity index (χ1) is 13.0. The number of anilines is 1. The molecule has 0 radical (unpaired) electrons. The first kappa shape index (κ1) is 20.5. The molecule has 27 heavy (non-hydrogen) atoms. The van der Waals surface area contributed by atoms with E-state index in [1.807, 2.05) is 0 Å². The molecule has 0 spiro atoms. The minimum absolute atomic E-state index is 0.111. The molecule has 5 heteroatoms. The van der Waals surface area contributed by atoms with Gasteiger partial charge in [-0.3, -0.25) is 4.79 Å². The van der Waals surface area contributed by atoms with Gasteiger partial charge in [-0.05, 0) is 49.6 Å². The van der Waals surface area contributed by atoms with Crippen LogP contribution in [0.2, 0.25) is 0 Å². The van der Waals surface area contributed by atoms with Crippen LogP contribution in [-0.2, 0) is 11.2 Å². The molecular formula is C22H27NO4. The van der Waals surface area contributed by atoms with Crippen molar-refractivity contribution in [1.29, 1.82) is 0 Å². The van der Waals surface area contributed by atoms with Crippen LogP contribution in [0.3, 0.4) is 0 Å². The highest BCUT2D eigenvalue weighted by atomic mass is 16.5. The highest BCUT2D eigenvalue weighted by Crippen LogP contribution is 2.29. The molecule has 144 valence electrons. The summed E-state index contributed by atoms with van der Waals surface area (Å²) >= 11 is 0. The van der Waals surface area contributed by atoms with E-state index in [0.717, 1.165) is 25.7 Å². The topological polar surface area (TPSA) is 89.6 Å². The number of carbonyl (C=O) groups excluding carboxylic acids is 2. The molecule has 0 unspecified atom stereocenters. The Bertz CT molecular complexity index is 814. The van der Waals surface area contributed by atoms with Crippen molar-refractivity contribution in [2.24, 2.45) is 0 Å². The summed E-state index contributed by atoms with van der Waals surface area (Å²) in [6, 6.07) is 9.50. The summed E-state index contributed by atoms with van der Waals surface area (Å²) in [6.07, 6.45) is 4.56. The molecule has 0 fully saturated rings. The van der Waals surface area contributed by atoms with Crippen molar-refractivity contribution in [2.45, 2.75) is 46.0 Å². The van der Waals surface area contributed by atoms with Crippen molar-refractivity contribution in [2.75, 3.05) is 12.3 Å². The number of unbranched alkanes of at least 4 members (excludes halogenated alkanes) is 3. The van der Waals surface area contributed by atoms with Gasteiger partial charge in [-0.15, -0.1) is 0 Å². The summed E-state index contributed by atoms with van der Waals surface area (Å²) in [5, 5.41) is 10.1. The van der Waals surface area contributed by atoms with Crippen molar-refractivity contribution in [3.63, 3.8) is 0 Å². The van der Waals surface area contributed by atoms with Crippen molar-refractivity contribution >= 4 is 17.4 Å². The number of nitrogens with two attached hydrogens (primary N) is 1. The molecule has 2 rings (SSSR count). The number of phenols is 1. The van der Waals surface area contributed by atoms with Gasteiger partial charge in [0, 0.05) is 11.3 Å². The number of esters is 1. The molecule has 0 saturated carbocycles. The smallest absolute Gasteiger partial charge is 0.338 e. The summed E-state index contributed by atoms with van der Waals surface area (Å²) in [4.78, 5) is 25.6. The molecule has 0 amide bonds. The minimum Gasteiger partial charge on any atom is -0.507 e. The first-order valence-corrected chi connectivity index (χ1v) is 9.42. The third kappa shape index (κ3) is 4.88. The lowest BCUT2D eigenvalue weighted by Gasteiger charge is -2.16. The average Bonchev–Trinajstić information content (AvgIpc) is 2.65. The van der Waals surface area contributed by atoms with Crippen molar-refractivity contribution < 1.29 is 19.4 Å². The maximum absolute atomic E-state index is 13.1. The second kappa shape index (κ2) is 9.76. The number of para-hydroxylation sites is 1. The minimum atomic E-state index is -0.464. The van der Waals surface area contributed by atoms with Gasteiger partial charge in [-0.1, -0.05) is 38.3 Å². The fourth-order valence-electron chi connectivity index (χ4n) is 3.12. The summed E-state index contributed by atoms with van der Waals surface area (Å²) < 4.78 is 5.16. The van der Waals surface area contributed by atoms with Crippen LogP contribution in [0.15, 0.2) is 36.4 Å². The van der Waals surface area contributed by atoms with Crippen LogP contribution >= 0.6 is 0 Å². The molecule has 0 atom stereocenters. The van der Waals surface area contributed by atoms with E-state index in [-0.39, 0.29) is 29.3 Å². The van der Waals surface area contributed by atoms with Crippen LogP contribution in [0.5, 0.6) is 5.75 Å². The summed E-state index contributed by atoms with van der Waals surface area (Å²) in [6.45, 7) is 4.11. The van der Waals surface area contributed by atoms with E-state index in [9.17, 15) is 14.7 Å². The number of aromatic hydroxyl groups is 1. The van der Waals surface area contributed by atoms with Gasteiger partial charge in [0.1, 0.15) is 5.75 Å². The molecule has 0 aliphatic carbocycles. The van der Waals surface area contributed by atoms with E-state index in [0.29, 0.717) is 23.2 Å². The van der Waals surface area contributed by atoms with Crippen LogP contribution in [-0.4, -0.2) is 23.5 Å². The van der Waals surface area contributed by atoms with Gasteiger partial charge in [0.25, 0.3) is 0 Å². The van der Waals surface area contributed by atoms with Crippen LogP contribution in [0.4, 0.5) is 5.69 Å². The predicted octanol–water partition coefficient (Wildman–Crippen LogP) is 4.50. The van der Waals surface area contributed by atoms with E-state index in [1.165, 1.54) is 6.07 Å². The zero-order valence-electron chi connectivity index (χ0n) is 16.0. The van der Waals surface area contributed by atoms with Crippen molar-refractivity contribution in [3.8, 4) is 5.75 Å². The van der Waals surface area contributed by atoms with Crippen molar-refractivity contribution in [3.05, 3.63) is 58.7 Å². The first-order valence-electron chi connectivity index (χ1n) is 9.42. The second-order valence-electron chi connectivity index (χ2n) is 6.43. The fourth-order valence-corrected chi connectivity index (χ4v) is 3.12. The Kier molecular flexibility index (Phi) is 7.41. The van der Waals surface area contributed by atoms with E-state index >= 15 is 0 Å². The number of carbonyl (C=O) groups is 2. The van der Waals surface area contributed by atoms with E-state index in [1.54, 1.807) is 37.3 Å². The van der Waals surface area contributed by atoms with Gasteiger partial charge in [-0.25, -0.2) is 4.79 Å². The monoisotopic (exact) mass is 369 g/mol. The average molecular weight is 369 g/mol. The van der Waals surface area contributed by atoms with Gasteiger partial charge >= 0.3 is 5.97 Å². The van der Waals surface area contributed by atoms with Crippen LogP contribution in [0.1, 0.15) is 71.4 Å². The molecule has 2 aromatic carbocycles. The number of hydrogen-bond donors (Lipinski definition) is 2. The predicted molar refractivity (Wildman–Crippen MR) is 106 cm³/mol. The van der Waals surface area contributed by atoms with Gasteiger partial charge in [0.05, 0.1) is 17.7 Å². The third-order valence-electron chi connectivity index (χ3n) is 4.50. The van der Waals surface area contributed by atoms with E-state index in [2.05, 4.69) is 6.92 Å². The molecule has 0 bridgehead atoms. The molecule has 0 heterocycles. The maximum atomic E-state index is 13.1. The lowest BCUT2D eigenvalue weighted by molar-refractivity contribution is 0.0525. The molecule has 2 aromatic rings. The van der Waals surface area contributed by atoms with Gasteiger partial charge < -0.3 is 15.6 Å². The maximum Gasteiger partial charge on any atom is 0.338 e. The number of ketones is 1. The lowest BCUT2D eigenvalue weighted by atomic mass is 9.89. The fraction of sp³-hybridized carbons (Fsp3) is 0.364. The Balaban J connectivity index is 2.53. The normalized spacial score (nSPS) is 10.6. The van der Waals surface area contributed by atoms with E-state index in [4.69, 9.17) is 10.5 Å². The van der Waals surface area contributed by atoms with Crippen molar-refractivity contribution in [1.82, 2.24) is 0 Å². The summed E-state index contributed by atoms with van der Waals surface area (Å²) in [5.41, 5.74) is 7.82. The highest BCUT2D eigenvalue weighted by Gasteiger charge is 2.24. The second-order valence-corrected chi connectivity index (χ2v) is 6.43. The van der Waals surface area contributed by atoms with Crippen LogP contribution < -0.4 is 5.73 Å². The van der Waals surface area contributed by atoms with Crippen LogP contribution in [0.25, 0.3) is 0 Å². The van der Waals surface area contributed by atoms with Gasteiger partial charge in [0.2, 0.25) is 0 Å². The molecule has 0 aliphatic rings. The molecule has 5 nitrogen and oxygen atoms in total. The Hall–Kier alpha value is -2.82. The largest absolute Gasteiger partial charge is 0.507 e. The summed E-state index contributed by atoms with van der Waals surface area (Å²) in [7, 11) is 0. The van der Waals surface area contributed by atoms with Crippen LogP contribution in [0, 0.1) is 0 Å².